The summed E-state index contributed by atoms with van der Waals surface area (Å²) in [5, 5.41) is 5.60. The Labute approximate surface area is 117 Å². The number of nitrogens with zero attached hydrogens (tertiary/aromatic N) is 1. The summed E-state index contributed by atoms with van der Waals surface area (Å²) < 4.78 is 4.94. The van der Waals surface area contributed by atoms with Gasteiger partial charge >= 0.3 is 5.97 Å². The fourth-order valence-corrected chi connectivity index (χ4v) is 2.42. The fraction of sp³-hybridized carbons (Fsp3) is 0.250. The van der Waals surface area contributed by atoms with Crippen molar-refractivity contribution in [1.29, 1.82) is 0 Å². The molecule has 0 saturated heterocycles. The lowest BCUT2D eigenvalue weighted by Crippen LogP contribution is -2.17. The van der Waals surface area contributed by atoms with Gasteiger partial charge in [0.05, 0.1) is 18.7 Å². The molecule has 1 N–H and O–H groups in total. The minimum Gasteiger partial charge on any atom is -0.466 e. The van der Waals surface area contributed by atoms with Gasteiger partial charge < -0.3 is 10.1 Å². The molecule has 0 atom stereocenters. The Hall–Kier alpha value is -2.36. The maximum Gasteiger partial charge on any atom is 0.306 e. The molecule has 1 heterocycles. The van der Waals surface area contributed by atoms with E-state index in [1.807, 2.05) is 31.2 Å². The number of carbonyl (C=O) groups excluding carboxylic acids is 1. The number of rotatable bonds is 4. The van der Waals surface area contributed by atoms with Crippen LogP contribution in [0, 0.1) is 0 Å². The zero-order valence-corrected chi connectivity index (χ0v) is 11.3. The quantitative estimate of drug-likeness (QED) is 0.861. The van der Waals surface area contributed by atoms with Gasteiger partial charge in [-0.1, -0.05) is 24.3 Å². The van der Waals surface area contributed by atoms with Gasteiger partial charge in [0.15, 0.2) is 0 Å². The SMILES string of the molecule is CCOC(=O)CCC1=Nc2cccc3cccc(c23)N1. The fourth-order valence-electron chi connectivity index (χ4n) is 2.42. The van der Waals surface area contributed by atoms with Gasteiger partial charge in [0.2, 0.25) is 0 Å². The molecular weight excluding hydrogens is 252 g/mol. The first-order chi connectivity index (χ1) is 9.78. The topological polar surface area (TPSA) is 50.7 Å². The van der Waals surface area contributed by atoms with Crippen molar-refractivity contribution in [1.82, 2.24) is 0 Å². The van der Waals surface area contributed by atoms with E-state index >= 15 is 0 Å². The van der Waals surface area contributed by atoms with Crippen LogP contribution in [-0.4, -0.2) is 18.4 Å². The molecule has 3 rings (SSSR count). The first-order valence-corrected chi connectivity index (χ1v) is 6.80. The standard InChI is InChI=1S/C16H16N2O2/c1-2-20-15(19)10-9-14-17-12-7-3-5-11-6-4-8-13(18-14)16(11)12/h3-8H,2,9-10H2,1H3,(H,17,18). The van der Waals surface area contributed by atoms with Crippen molar-refractivity contribution in [2.75, 3.05) is 11.9 Å². The number of anilines is 1. The number of carbonyl (C=O) groups is 1. The smallest absolute Gasteiger partial charge is 0.306 e. The summed E-state index contributed by atoms with van der Waals surface area (Å²) in [6, 6.07) is 12.2. The normalized spacial score (nSPS) is 12.8. The van der Waals surface area contributed by atoms with E-state index in [-0.39, 0.29) is 5.97 Å². The van der Waals surface area contributed by atoms with Crippen LogP contribution in [0.4, 0.5) is 11.4 Å². The summed E-state index contributed by atoms with van der Waals surface area (Å²) in [7, 11) is 0. The van der Waals surface area contributed by atoms with Crippen LogP contribution in [0.15, 0.2) is 41.4 Å². The van der Waals surface area contributed by atoms with E-state index in [4.69, 9.17) is 4.74 Å². The molecule has 1 aliphatic rings. The lowest BCUT2D eigenvalue weighted by Gasteiger charge is -2.18. The highest BCUT2D eigenvalue weighted by Crippen LogP contribution is 2.35. The molecule has 102 valence electrons. The second kappa shape index (κ2) is 5.33. The Morgan fingerprint density at radius 1 is 1.25 bits per heavy atom. The van der Waals surface area contributed by atoms with Crippen LogP contribution in [0.25, 0.3) is 10.8 Å². The van der Waals surface area contributed by atoms with E-state index in [1.165, 1.54) is 5.39 Å². The maximum absolute atomic E-state index is 11.4. The van der Waals surface area contributed by atoms with Gasteiger partial charge in [-0.2, -0.15) is 0 Å². The number of nitrogens with one attached hydrogen (secondary N) is 1. The molecule has 0 amide bonds. The molecule has 0 aromatic heterocycles. The third-order valence-electron chi connectivity index (χ3n) is 3.29. The third kappa shape index (κ3) is 2.37. The summed E-state index contributed by atoms with van der Waals surface area (Å²) in [5.74, 6) is 0.623. The van der Waals surface area contributed by atoms with Gasteiger partial charge in [-0.3, -0.25) is 4.79 Å². The molecule has 20 heavy (non-hydrogen) atoms. The zero-order valence-electron chi connectivity index (χ0n) is 11.3. The molecule has 0 unspecified atom stereocenters. The van der Waals surface area contributed by atoms with Gasteiger partial charge in [-0.15, -0.1) is 0 Å². The Kier molecular flexibility index (Phi) is 3.37. The average Bonchev–Trinajstić information content (AvgIpc) is 2.46. The molecule has 4 heteroatoms. The van der Waals surface area contributed by atoms with Crippen LogP contribution in [0.2, 0.25) is 0 Å². The Balaban J connectivity index is 1.85. The first-order valence-electron chi connectivity index (χ1n) is 6.80. The number of esters is 1. The second-order valence-electron chi connectivity index (χ2n) is 4.67. The van der Waals surface area contributed by atoms with Crippen molar-refractivity contribution < 1.29 is 9.53 Å². The number of ether oxygens (including phenoxy) is 1. The van der Waals surface area contributed by atoms with E-state index in [1.54, 1.807) is 0 Å². The number of hydrogen-bond acceptors (Lipinski definition) is 4. The second-order valence-corrected chi connectivity index (χ2v) is 4.67. The van der Waals surface area contributed by atoms with E-state index in [9.17, 15) is 4.79 Å². The lowest BCUT2D eigenvalue weighted by molar-refractivity contribution is -0.142. The minimum atomic E-state index is -0.186. The van der Waals surface area contributed by atoms with E-state index < -0.39 is 0 Å². The van der Waals surface area contributed by atoms with Crippen molar-refractivity contribution >= 4 is 34.0 Å². The van der Waals surface area contributed by atoms with Crippen LogP contribution in [0.5, 0.6) is 0 Å². The molecule has 1 aliphatic heterocycles. The third-order valence-corrected chi connectivity index (χ3v) is 3.29. The highest BCUT2D eigenvalue weighted by atomic mass is 16.5. The summed E-state index contributed by atoms with van der Waals surface area (Å²) >= 11 is 0. The monoisotopic (exact) mass is 268 g/mol. The molecule has 0 aliphatic carbocycles. The Bertz CT molecular complexity index is 687. The molecule has 0 spiro atoms. The molecule has 0 radical (unpaired) electrons. The summed E-state index contributed by atoms with van der Waals surface area (Å²) in [6.07, 6.45) is 0.904. The molecular formula is C16H16N2O2. The first kappa shape index (κ1) is 12.7. The van der Waals surface area contributed by atoms with Gasteiger partial charge in [0.1, 0.15) is 5.84 Å². The van der Waals surface area contributed by atoms with Crippen molar-refractivity contribution in [2.24, 2.45) is 4.99 Å². The van der Waals surface area contributed by atoms with Gasteiger partial charge in [-0.25, -0.2) is 4.99 Å². The number of hydrogen-bond donors (Lipinski definition) is 1. The largest absolute Gasteiger partial charge is 0.466 e. The highest BCUT2D eigenvalue weighted by Gasteiger charge is 2.15. The molecule has 0 saturated carbocycles. The van der Waals surface area contributed by atoms with Crippen LogP contribution in [0.1, 0.15) is 19.8 Å². The zero-order chi connectivity index (χ0) is 13.9. The van der Waals surface area contributed by atoms with Crippen molar-refractivity contribution in [3.63, 3.8) is 0 Å². The van der Waals surface area contributed by atoms with Crippen LogP contribution >= 0.6 is 0 Å². The number of aliphatic imine (C=N–C) groups is 1. The molecule has 0 fully saturated rings. The van der Waals surface area contributed by atoms with Crippen molar-refractivity contribution in [2.45, 2.75) is 19.8 Å². The van der Waals surface area contributed by atoms with E-state index in [0.717, 1.165) is 22.6 Å². The average molecular weight is 268 g/mol. The van der Waals surface area contributed by atoms with E-state index in [0.29, 0.717) is 19.4 Å². The predicted molar refractivity (Wildman–Crippen MR) is 80.5 cm³/mol. The maximum atomic E-state index is 11.4. The van der Waals surface area contributed by atoms with Gasteiger partial charge in [0.25, 0.3) is 0 Å². The Morgan fingerprint density at radius 2 is 2.05 bits per heavy atom. The van der Waals surface area contributed by atoms with Gasteiger partial charge in [-0.05, 0) is 24.4 Å². The summed E-state index contributed by atoms with van der Waals surface area (Å²) in [4.78, 5) is 16.0. The summed E-state index contributed by atoms with van der Waals surface area (Å²) in [6.45, 7) is 2.23. The molecule has 2 aromatic rings. The van der Waals surface area contributed by atoms with Crippen LogP contribution in [0.3, 0.4) is 0 Å². The minimum absolute atomic E-state index is 0.186. The molecule has 0 bridgehead atoms. The predicted octanol–water partition coefficient (Wildman–Crippen LogP) is 3.64. The molecule has 4 nitrogen and oxygen atoms in total. The van der Waals surface area contributed by atoms with Crippen molar-refractivity contribution in [3.05, 3.63) is 36.4 Å². The van der Waals surface area contributed by atoms with Crippen LogP contribution < -0.4 is 5.32 Å². The van der Waals surface area contributed by atoms with Gasteiger partial charge in [0, 0.05) is 17.5 Å². The summed E-state index contributed by atoms with van der Waals surface area (Å²) in [5.41, 5.74) is 2.00. The van der Waals surface area contributed by atoms with E-state index in [2.05, 4.69) is 22.4 Å². The number of benzene rings is 2. The van der Waals surface area contributed by atoms with Crippen LogP contribution in [-0.2, 0) is 9.53 Å². The Morgan fingerprint density at radius 3 is 2.85 bits per heavy atom. The lowest BCUT2D eigenvalue weighted by atomic mass is 10.0. The molecule has 2 aromatic carbocycles. The van der Waals surface area contributed by atoms with Crippen molar-refractivity contribution in [3.8, 4) is 0 Å². The highest BCUT2D eigenvalue weighted by molar-refractivity contribution is 6.13. The number of amidine groups is 1.